The van der Waals surface area contributed by atoms with E-state index in [0.29, 0.717) is 24.4 Å². The molecule has 7 heteroatoms. The van der Waals surface area contributed by atoms with Crippen molar-refractivity contribution < 1.29 is 4.79 Å². The SMILES string of the molecule is Cl.Cl.O=C(CC1CC2CCC(C1)N2)Nc1ccc(-c2nc3ccccc3[nH]2)cc1. The van der Waals surface area contributed by atoms with Crippen LogP contribution in [-0.2, 0) is 4.79 Å². The lowest BCUT2D eigenvalue weighted by Crippen LogP contribution is -2.39. The lowest BCUT2D eigenvalue weighted by atomic mass is 9.89. The number of anilines is 1. The maximum absolute atomic E-state index is 12.4. The molecule has 2 aliphatic rings. The number of halogens is 2. The molecule has 0 radical (unpaired) electrons. The highest BCUT2D eigenvalue weighted by molar-refractivity contribution is 5.91. The average molecular weight is 433 g/mol. The standard InChI is InChI=1S/C22H24N4O.2ClH/c27-21(13-14-11-17-9-10-18(12-14)23-17)24-16-7-5-15(6-8-16)22-25-19-3-1-2-4-20(19)26-22;;/h1-8,14,17-18,23H,9-13H2,(H,24,27)(H,25,26);2*1H. The van der Waals surface area contributed by atoms with Crippen molar-refractivity contribution in [2.24, 2.45) is 5.92 Å². The Balaban J connectivity index is 0.00000120. The van der Waals surface area contributed by atoms with Gasteiger partial charge in [-0.15, -0.1) is 24.8 Å². The molecule has 2 aromatic carbocycles. The molecule has 2 unspecified atom stereocenters. The fraction of sp³-hybridized carbons (Fsp3) is 0.364. The summed E-state index contributed by atoms with van der Waals surface area (Å²) in [7, 11) is 0. The van der Waals surface area contributed by atoms with Gasteiger partial charge in [-0.05, 0) is 68.0 Å². The Kier molecular flexibility index (Phi) is 6.83. The van der Waals surface area contributed by atoms with Crippen molar-refractivity contribution in [1.29, 1.82) is 0 Å². The number of rotatable bonds is 4. The van der Waals surface area contributed by atoms with Crippen molar-refractivity contribution in [2.75, 3.05) is 5.32 Å². The summed E-state index contributed by atoms with van der Waals surface area (Å²) < 4.78 is 0. The van der Waals surface area contributed by atoms with Crippen molar-refractivity contribution in [3.63, 3.8) is 0 Å². The van der Waals surface area contributed by atoms with Gasteiger partial charge >= 0.3 is 0 Å². The lowest BCUT2D eigenvalue weighted by Gasteiger charge is -2.28. The second kappa shape index (κ2) is 9.16. The van der Waals surface area contributed by atoms with E-state index in [2.05, 4.69) is 20.6 Å². The number of aromatic amines is 1. The van der Waals surface area contributed by atoms with Gasteiger partial charge in [-0.2, -0.15) is 0 Å². The molecule has 0 saturated carbocycles. The monoisotopic (exact) mass is 432 g/mol. The molecule has 5 nitrogen and oxygen atoms in total. The summed E-state index contributed by atoms with van der Waals surface area (Å²) in [6.45, 7) is 0. The number of H-pyrrole nitrogens is 1. The molecule has 154 valence electrons. The van der Waals surface area contributed by atoms with E-state index >= 15 is 0 Å². The summed E-state index contributed by atoms with van der Waals surface area (Å²) >= 11 is 0. The van der Waals surface area contributed by atoms with E-state index in [1.54, 1.807) is 0 Å². The first-order chi connectivity index (χ1) is 13.2. The Morgan fingerprint density at radius 2 is 1.69 bits per heavy atom. The summed E-state index contributed by atoms with van der Waals surface area (Å²) in [4.78, 5) is 20.4. The van der Waals surface area contributed by atoms with Gasteiger partial charge in [-0.25, -0.2) is 4.98 Å². The Hall–Kier alpha value is -2.08. The molecule has 3 N–H and O–H groups in total. The lowest BCUT2D eigenvalue weighted by molar-refractivity contribution is -0.117. The van der Waals surface area contributed by atoms with Gasteiger partial charge < -0.3 is 15.6 Å². The van der Waals surface area contributed by atoms with Gasteiger partial charge in [-0.3, -0.25) is 4.79 Å². The third kappa shape index (κ3) is 4.74. The van der Waals surface area contributed by atoms with Crippen LogP contribution in [0.2, 0.25) is 0 Å². The molecule has 1 aromatic heterocycles. The van der Waals surface area contributed by atoms with Crippen molar-refractivity contribution in [2.45, 2.75) is 44.2 Å². The number of piperidine rings is 1. The van der Waals surface area contributed by atoms with Crippen LogP contribution in [0.3, 0.4) is 0 Å². The van der Waals surface area contributed by atoms with Crippen LogP contribution in [0.5, 0.6) is 0 Å². The highest BCUT2D eigenvalue weighted by Crippen LogP contribution is 2.33. The maximum Gasteiger partial charge on any atom is 0.224 e. The van der Waals surface area contributed by atoms with Crippen LogP contribution >= 0.6 is 24.8 Å². The molecule has 2 saturated heterocycles. The summed E-state index contributed by atoms with van der Waals surface area (Å²) in [6.07, 6.45) is 5.43. The second-order valence-electron chi connectivity index (χ2n) is 7.91. The van der Waals surface area contributed by atoms with Crippen LogP contribution in [0.15, 0.2) is 48.5 Å². The number of fused-ring (bicyclic) bond motifs is 3. The number of benzene rings is 2. The first-order valence-corrected chi connectivity index (χ1v) is 9.84. The molecule has 0 spiro atoms. The molecule has 3 heterocycles. The number of aromatic nitrogens is 2. The van der Waals surface area contributed by atoms with Gasteiger partial charge in [0.1, 0.15) is 5.82 Å². The Morgan fingerprint density at radius 1 is 1.00 bits per heavy atom. The van der Waals surface area contributed by atoms with Crippen molar-refractivity contribution in [1.82, 2.24) is 15.3 Å². The third-order valence-corrected chi connectivity index (χ3v) is 5.88. The number of nitrogens with zero attached hydrogens (tertiary/aromatic N) is 1. The minimum absolute atomic E-state index is 0. The van der Waals surface area contributed by atoms with Crippen LogP contribution in [-0.4, -0.2) is 28.0 Å². The van der Waals surface area contributed by atoms with E-state index in [-0.39, 0.29) is 30.7 Å². The molecule has 2 atom stereocenters. The molecule has 2 fully saturated rings. The molecule has 1 amide bonds. The van der Waals surface area contributed by atoms with Crippen molar-refractivity contribution in [3.05, 3.63) is 48.5 Å². The molecule has 0 aliphatic carbocycles. The van der Waals surface area contributed by atoms with E-state index in [1.165, 1.54) is 12.8 Å². The van der Waals surface area contributed by atoms with Crippen LogP contribution in [0.1, 0.15) is 32.1 Å². The minimum Gasteiger partial charge on any atom is -0.338 e. The number of hydrogen-bond donors (Lipinski definition) is 3. The van der Waals surface area contributed by atoms with E-state index in [1.807, 2.05) is 48.5 Å². The first-order valence-electron chi connectivity index (χ1n) is 9.84. The third-order valence-electron chi connectivity index (χ3n) is 5.88. The van der Waals surface area contributed by atoms with Crippen LogP contribution in [0.4, 0.5) is 5.69 Å². The molecule has 2 aliphatic heterocycles. The minimum atomic E-state index is 0. The zero-order chi connectivity index (χ0) is 18.2. The first kappa shape index (κ1) is 21.6. The average Bonchev–Trinajstić information content (AvgIpc) is 3.25. The Labute approximate surface area is 182 Å². The van der Waals surface area contributed by atoms with Gasteiger partial charge in [0.2, 0.25) is 5.91 Å². The maximum atomic E-state index is 12.4. The fourth-order valence-corrected chi connectivity index (χ4v) is 4.62. The molecular formula is C22H26Cl2N4O. The number of imidazole rings is 1. The summed E-state index contributed by atoms with van der Waals surface area (Å²) in [6, 6.07) is 17.2. The number of carbonyl (C=O) groups excluding carboxylic acids is 1. The molecular weight excluding hydrogens is 407 g/mol. The normalized spacial score (nSPS) is 22.6. The Morgan fingerprint density at radius 3 is 2.38 bits per heavy atom. The molecule has 29 heavy (non-hydrogen) atoms. The van der Waals surface area contributed by atoms with E-state index in [4.69, 9.17) is 0 Å². The van der Waals surface area contributed by atoms with Crippen molar-refractivity contribution >= 4 is 47.4 Å². The highest BCUT2D eigenvalue weighted by Gasteiger charge is 2.34. The van der Waals surface area contributed by atoms with E-state index in [0.717, 1.165) is 41.0 Å². The number of nitrogens with one attached hydrogen (secondary N) is 3. The second-order valence-corrected chi connectivity index (χ2v) is 7.91. The fourth-order valence-electron chi connectivity index (χ4n) is 4.62. The van der Waals surface area contributed by atoms with Gasteiger partial charge in [0, 0.05) is 29.8 Å². The van der Waals surface area contributed by atoms with E-state index in [9.17, 15) is 4.79 Å². The van der Waals surface area contributed by atoms with Crippen molar-refractivity contribution in [3.8, 4) is 11.4 Å². The van der Waals surface area contributed by atoms with Crippen LogP contribution < -0.4 is 10.6 Å². The van der Waals surface area contributed by atoms with Crippen LogP contribution in [0, 0.1) is 5.92 Å². The number of carbonyl (C=O) groups is 1. The number of hydrogen-bond acceptors (Lipinski definition) is 3. The van der Waals surface area contributed by atoms with Gasteiger partial charge in [0.15, 0.2) is 0 Å². The topological polar surface area (TPSA) is 69.8 Å². The molecule has 5 rings (SSSR count). The van der Waals surface area contributed by atoms with Gasteiger partial charge in [0.25, 0.3) is 0 Å². The van der Waals surface area contributed by atoms with Gasteiger partial charge in [-0.1, -0.05) is 12.1 Å². The highest BCUT2D eigenvalue weighted by atomic mass is 35.5. The molecule has 2 bridgehead atoms. The summed E-state index contributed by atoms with van der Waals surface area (Å²) in [5.74, 6) is 1.48. The number of amides is 1. The van der Waals surface area contributed by atoms with E-state index < -0.39 is 0 Å². The van der Waals surface area contributed by atoms with Gasteiger partial charge in [0.05, 0.1) is 11.0 Å². The largest absolute Gasteiger partial charge is 0.338 e. The number of para-hydroxylation sites is 2. The van der Waals surface area contributed by atoms with Crippen LogP contribution in [0.25, 0.3) is 22.4 Å². The summed E-state index contributed by atoms with van der Waals surface area (Å²) in [5, 5.41) is 6.69. The zero-order valence-corrected chi connectivity index (χ0v) is 17.7. The summed E-state index contributed by atoms with van der Waals surface area (Å²) in [5.41, 5.74) is 3.84. The zero-order valence-electron chi connectivity index (χ0n) is 16.1. The molecule has 3 aromatic rings. The Bertz CT molecular complexity index is 927. The predicted octanol–water partition coefficient (Wildman–Crippen LogP) is 4.93. The predicted molar refractivity (Wildman–Crippen MR) is 122 cm³/mol. The smallest absolute Gasteiger partial charge is 0.224 e. The quantitative estimate of drug-likeness (QED) is 0.546.